The van der Waals surface area contributed by atoms with Crippen molar-refractivity contribution in [2.75, 3.05) is 27.9 Å². The molecule has 0 radical (unpaired) electrons. The SMILES string of the molecule is COc1ccc2[nH]cc(CCN3C(=O)C(=O)C(=C(O)c4ccc(F)cc4)[C@@H]3c3ccc(OC)c(OC)c3)c2c1. The Hall–Kier alpha value is -4.79. The number of benzene rings is 3. The number of ketones is 1. The molecule has 4 aromatic rings. The van der Waals surface area contributed by atoms with Crippen LogP contribution in [0.15, 0.2) is 72.4 Å². The monoisotopic (exact) mass is 530 g/mol. The number of rotatable bonds is 8. The highest BCUT2D eigenvalue weighted by atomic mass is 19.1. The van der Waals surface area contributed by atoms with Crippen LogP contribution >= 0.6 is 0 Å². The fraction of sp³-hybridized carbons (Fsp3) is 0.200. The van der Waals surface area contributed by atoms with E-state index in [2.05, 4.69) is 4.98 Å². The van der Waals surface area contributed by atoms with Crippen LogP contribution in [-0.2, 0) is 16.0 Å². The molecule has 1 saturated heterocycles. The van der Waals surface area contributed by atoms with Gasteiger partial charge < -0.3 is 29.2 Å². The summed E-state index contributed by atoms with van der Waals surface area (Å²) in [4.78, 5) is 31.4. The van der Waals surface area contributed by atoms with Gasteiger partial charge in [0.1, 0.15) is 17.3 Å². The third kappa shape index (κ3) is 4.67. The van der Waals surface area contributed by atoms with Crippen molar-refractivity contribution in [2.24, 2.45) is 0 Å². The summed E-state index contributed by atoms with van der Waals surface area (Å²) in [6, 6.07) is 14.9. The van der Waals surface area contributed by atoms with Crippen LogP contribution in [-0.4, -0.2) is 54.6 Å². The van der Waals surface area contributed by atoms with Gasteiger partial charge in [0, 0.05) is 29.2 Å². The maximum atomic E-state index is 13.6. The van der Waals surface area contributed by atoms with E-state index in [-0.39, 0.29) is 23.4 Å². The average molecular weight is 531 g/mol. The number of Topliss-reactive ketones (excluding diaryl/α,β-unsaturated/α-hetero) is 1. The van der Waals surface area contributed by atoms with Gasteiger partial charge in [0.15, 0.2) is 11.5 Å². The maximum Gasteiger partial charge on any atom is 0.295 e. The Kier molecular flexibility index (Phi) is 6.98. The predicted molar refractivity (Wildman–Crippen MR) is 144 cm³/mol. The number of aliphatic hydroxyl groups is 1. The van der Waals surface area contributed by atoms with Gasteiger partial charge in [0.25, 0.3) is 11.7 Å². The van der Waals surface area contributed by atoms with Crippen LogP contribution in [0.5, 0.6) is 17.2 Å². The topological polar surface area (TPSA) is 101 Å². The first-order valence-electron chi connectivity index (χ1n) is 12.3. The molecule has 0 unspecified atom stereocenters. The van der Waals surface area contributed by atoms with E-state index in [4.69, 9.17) is 14.2 Å². The number of amides is 1. The van der Waals surface area contributed by atoms with E-state index < -0.39 is 23.5 Å². The van der Waals surface area contributed by atoms with E-state index in [1.165, 1.54) is 43.4 Å². The molecule has 1 amide bonds. The molecule has 0 aliphatic carbocycles. The number of aliphatic hydroxyl groups excluding tert-OH is 1. The fourth-order valence-corrected chi connectivity index (χ4v) is 4.98. The largest absolute Gasteiger partial charge is 0.507 e. The van der Waals surface area contributed by atoms with E-state index in [1.807, 2.05) is 24.4 Å². The molecule has 0 saturated carbocycles. The molecule has 8 nitrogen and oxygen atoms in total. The number of nitrogens with one attached hydrogen (secondary N) is 1. The smallest absolute Gasteiger partial charge is 0.295 e. The maximum absolute atomic E-state index is 13.6. The van der Waals surface area contributed by atoms with Gasteiger partial charge in [-0.1, -0.05) is 6.07 Å². The second-order valence-electron chi connectivity index (χ2n) is 9.09. The Morgan fingerprint density at radius 3 is 2.38 bits per heavy atom. The van der Waals surface area contributed by atoms with Crippen molar-refractivity contribution in [3.63, 3.8) is 0 Å². The first kappa shape index (κ1) is 25.8. The van der Waals surface area contributed by atoms with Crippen molar-refractivity contribution >= 4 is 28.4 Å². The van der Waals surface area contributed by atoms with Gasteiger partial charge in [-0.25, -0.2) is 4.39 Å². The molecule has 1 aliphatic rings. The molecule has 5 rings (SSSR count). The number of carbonyl (C=O) groups is 2. The van der Waals surface area contributed by atoms with Gasteiger partial charge >= 0.3 is 0 Å². The summed E-state index contributed by atoms with van der Waals surface area (Å²) < 4.78 is 29.7. The number of aromatic nitrogens is 1. The number of halogens is 1. The van der Waals surface area contributed by atoms with Crippen LogP contribution in [0.4, 0.5) is 4.39 Å². The van der Waals surface area contributed by atoms with Crippen molar-refractivity contribution in [3.8, 4) is 17.2 Å². The molecule has 0 bridgehead atoms. The van der Waals surface area contributed by atoms with E-state index in [9.17, 15) is 19.1 Å². The molecule has 1 aliphatic heterocycles. The number of methoxy groups -OCH3 is 3. The summed E-state index contributed by atoms with van der Waals surface area (Å²) >= 11 is 0. The van der Waals surface area contributed by atoms with Crippen molar-refractivity contribution in [1.82, 2.24) is 9.88 Å². The van der Waals surface area contributed by atoms with Crippen molar-refractivity contribution in [1.29, 1.82) is 0 Å². The molecule has 1 fully saturated rings. The van der Waals surface area contributed by atoms with Crippen molar-refractivity contribution < 1.29 is 33.3 Å². The summed E-state index contributed by atoms with van der Waals surface area (Å²) in [5.41, 5.74) is 2.55. The lowest BCUT2D eigenvalue weighted by Gasteiger charge is -2.26. The van der Waals surface area contributed by atoms with Gasteiger partial charge in [-0.05, 0) is 72.1 Å². The lowest BCUT2D eigenvalue weighted by molar-refractivity contribution is -0.139. The van der Waals surface area contributed by atoms with Crippen LogP contribution in [0.3, 0.4) is 0 Å². The minimum Gasteiger partial charge on any atom is -0.507 e. The number of hydrogen-bond donors (Lipinski definition) is 2. The normalized spacial score (nSPS) is 16.6. The summed E-state index contributed by atoms with van der Waals surface area (Å²) in [5, 5.41) is 12.2. The lowest BCUT2D eigenvalue weighted by atomic mass is 9.94. The highest BCUT2D eigenvalue weighted by Gasteiger charge is 2.46. The molecule has 1 atom stereocenters. The Bertz CT molecular complexity index is 1590. The minimum absolute atomic E-state index is 0.0839. The Labute approximate surface area is 224 Å². The first-order chi connectivity index (χ1) is 18.9. The van der Waals surface area contributed by atoms with Crippen LogP contribution in [0, 0.1) is 5.82 Å². The zero-order valence-electron chi connectivity index (χ0n) is 21.7. The fourth-order valence-electron chi connectivity index (χ4n) is 4.98. The zero-order chi connectivity index (χ0) is 27.7. The van der Waals surface area contributed by atoms with E-state index >= 15 is 0 Å². The number of nitrogens with zero attached hydrogens (tertiary/aromatic N) is 1. The molecule has 9 heteroatoms. The molecular weight excluding hydrogens is 503 g/mol. The summed E-state index contributed by atoms with van der Waals surface area (Å²) in [7, 11) is 4.59. The quantitative estimate of drug-likeness (QED) is 0.189. The summed E-state index contributed by atoms with van der Waals surface area (Å²) in [6.45, 7) is 0.188. The molecule has 2 N–H and O–H groups in total. The van der Waals surface area contributed by atoms with Crippen LogP contribution in [0.2, 0.25) is 0 Å². The zero-order valence-corrected chi connectivity index (χ0v) is 21.7. The Morgan fingerprint density at radius 2 is 1.69 bits per heavy atom. The average Bonchev–Trinajstić information content (AvgIpc) is 3.48. The van der Waals surface area contributed by atoms with Crippen molar-refractivity contribution in [2.45, 2.75) is 12.5 Å². The van der Waals surface area contributed by atoms with Gasteiger partial charge in [-0.3, -0.25) is 9.59 Å². The second kappa shape index (κ2) is 10.5. The van der Waals surface area contributed by atoms with Gasteiger partial charge in [0.2, 0.25) is 0 Å². The Balaban J connectivity index is 1.59. The molecule has 1 aromatic heterocycles. The Morgan fingerprint density at radius 1 is 0.949 bits per heavy atom. The summed E-state index contributed by atoms with van der Waals surface area (Å²) in [5.74, 6) is -0.844. The summed E-state index contributed by atoms with van der Waals surface area (Å²) in [6.07, 6.45) is 2.30. The number of likely N-dealkylation sites (tertiary alicyclic amines) is 1. The molecule has 0 spiro atoms. The van der Waals surface area contributed by atoms with Gasteiger partial charge in [-0.15, -0.1) is 0 Å². The number of hydrogen-bond acceptors (Lipinski definition) is 6. The molecule has 200 valence electrons. The third-order valence-corrected chi connectivity index (χ3v) is 6.98. The standard InChI is InChI=1S/C30H27FN2O6/c1-37-21-9-10-23-22(15-21)19(16-32-23)12-13-33-27(18-6-11-24(38-2)25(14-18)39-3)26(29(35)30(33)36)28(34)17-4-7-20(31)8-5-17/h4-11,14-16,27,32,34H,12-13H2,1-3H3/t27-/m0/s1. The molecular formula is C30H27FN2O6. The number of ether oxygens (including phenoxy) is 3. The first-order valence-corrected chi connectivity index (χ1v) is 12.3. The molecule has 2 heterocycles. The van der Waals surface area contributed by atoms with Gasteiger partial charge in [-0.2, -0.15) is 0 Å². The molecule has 39 heavy (non-hydrogen) atoms. The number of aromatic amines is 1. The second-order valence-corrected chi connectivity index (χ2v) is 9.09. The van der Waals surface area contributed by atoms with Crippen molar-refractivity contribution in [3.05, 3.63) is 94.9 Å². The van der Waals surface area contributed by atoms with E-state index in [0.29, 0.717) is 29.2 Å². The number of H-pyrrole nitrogens is 1. The van der Waals surface area contributed by atoms with Crippen LogP contribution < -0.4 is 14.2 Å². The predicted octanol–water partition coefficient (Wildman–Crippen LogP) is 5.00. The highest BCUT2D eigenvalue weighted by Crippen LogP contribution is 2.42. The van der Waals surface area contributed by atoms with Gasteiger partial charge in [0.05, 0.1) is 32.9 Å². The number of fused-ring (bicyclic) bond motifs is 1. The molecule has 3 aromatic carbocycles. The number of carbonyl (C=O) groups excluding carboxylic acids is 2. The van der Waals surface area contributed by atoms with Crippen LogP contribution in [0.25, 0.3) is 16.7 Å². The van der Waals surface area contributed by atoms with E-state index in [1.54, 1.807) is 25.3 Å². The van der Waals surface area contributed by atoms with E-state index in [0.717, 1.165) is 16.5 Å². The van der Waals surface area contributed by atoms with Crippen LogP contribution in [0.1, 0.15) is 22.7 Å². The minimum atomic E-state index is -0.908. The lowest BCUT2D eigenvalue weighted by Crippen LogP contribution is -2.31. The third-order valence-electron chi connectivity index (χ3n) is 6.98. The highest BCUT2D eigenvalue weighted by molar-refractivity contribution is 6.46.